The van der Waals surface area contributed by atoms with Crippen molar-refractivity contribution in [3.63, 3.8) is 0 Å². The summed E-state index contributed by atoms with van der Waals surface area (Å²) in [5, 5.41) is 0. The van der Waals surface area contributed by atoms with Crippen molar-refractivity contribution in [1.29, 1.82) is 0 Å². The van der Waals surface area contributed by atoms with Crippen molar-refractivity contribution >= 4 is 0 Å². The molecular weight excluding hydrogens is 214 g/mol. The molecule has 0 unspecified atom stereocenters. The Labute approximate surface area is 99.7 Å². The third-order valence-electron chi connectivity index (χ3n) is 3.16. The molecule has 5 heteroatoms. The van der Waals surface area contributed by atoms with Gasteiger partial charge in [-0.1, -0.05) is 0 Å². The van der Waals surface area contributed by atoms with Crippen LogP contribution in [0.4, 0.5) is 0 Å². The predicted octanol–water partition coefficient (Wildman–Crippen LogP) is 1.000. The summed E-state index contributed by atoms with van der Waals surface area (Å²) < 4.78 is 2.04. The largest absolute Gasteiger partial charge is 0.325 e. The SMILES string of the molecule is NCc1cncc(-n2cnc3c2CCCC3)n1. The molecule has 0 saturated heterocycles. The molecule has 0 fully saturated rings. The van der Waals surface area contributed by atoms with Gasteiger partial charge in [0.1, 0.15) is 6.33 Å². The summed E-state index contributed by atoms with van der Waals surface area (Å²) in [6, 6.07) is 0. The van der Waals surface area contributed by atoms with Gasteiger partial charge in [-0.25, -0.2) is 9.97 Å². The van der Waals surface area contributed by atoms with Crippen LogP contribution < -0.4 is 5.73 Å². The van der Waals surface area contributed by atoms with E-state index >= 15 is 0 Å². The van der Waals surface area contributed by atoms with E-state index in [4.69, 9.17) is 5.73 Å². The smallest absolute Gasteiger partial charge is 0.156 e. The van der Waals surface area contributed by atoms with Crippen LogP contribution in [0.2, 0.25) is 0 Å². The molecule has 88 valence electrons. The molecule has 2 aromatic rings. The highest BCUT2D eigenvalue weighted by Crippen LogP contribution is 2.21. The van der Waals surface area contributed by atoms with Crippen molar-refractivity contribution in [2.45, 2.75) is 32.2 Å². The minimum Gasteiger partial charge on any atom is -0.325 e. The number of rotatable bonds is 2. The van der Waals surface area contributed by atoms with Gasteiger partial charge in [-0.15, -0.1) is 0 Å². The molecule has 2 N–H and O–H groups in total. The van der Waals surface area contributed by atoms with Crippen molar-refractivity contribution < 1.29 is 0 Å². The highest BCUT2D eigenvalue weighted by atomic mass is 15.1. The number of hydrogen-bond acceptors (Lipinski definition) is 4. The number of imidazole rings is 1. The van der Waals surface area contributed by atoms with Crippen molar-refractivity contribution in [1.82, 2.24) is 19.5 Å². The van der Waals surface area contributed by atoms with Gasteiger partial charge < -0.3 is 5.73 Å². The molecule has 0 aromatic carbocycles. The summed E-state index contributed by atoms with van der Waals surface area (Å²) in [5.41, 5.74) is 8.87. The Hall–Kier alpha value is -1.75. The molecule has 3 rings (SSSR count). The predicted molar refractivity (Wildman–Crippen MR) is 63.7 cm³/mol. The van der Waals surface area contributed by atoms with Crippen LogP contribution in [0.15, 0.2) is 18.7 Å². The molecule has 5 nitrogen and oxygen atoms in total. The lowest BCUT2D eigenvalue weighted by Crippen LogP contribution is -2.10. The van der Waals surface area contributed by atoms with Crippen molar-refractivity contribution in [2.75, 3.05) is 0 Å². The van der Waals surface area contributed by atoms with Gasteiger partial charge in [-0.05, 0) is 25.7 Å². The van der Waals surface area contributed by atoms with E-state index in [2.05, 4.69) is 15.0 Å². The highest BCUT2D eigenvalue weighted by molar-refractivity contribution is 5.28. The van der Waals surface area contributed by atoms with E-state index in [9.17, 15) is 0 Å². The number of nitrogens with zero attached hydrogens (tertiary/aromatic N) is 4. The van der Waals surface area contributed by atoms with Gasteiger partial charge in [0.25, 0.3) is 0 Å². The summed E-state index contributed by atoms with van der Waals surface area (Å²) in [6.07, 6.45) is 9.92. The zero-order valence-electron chi connectivity index (χ0n) is 9.63. The Bertz CT molecular complexity index is 531. The highest BCUT2D eigenvalue weighted by Gasteiger charge is 2.16. The van der Waals surface area contributed by atoms with E-state index in [0.29, 0.717) is 6.54 Å². The first-order chi connectivity index (χ1) is 8.38. The van der Waals surface area contributed by atoms with E-state index in [1.165, 1.54) is 24.2 Å². The molecule has 17 heavy (non-hydrogen) atoms. The van der Waals surface area contributed by atoms with Gasteiger partial charge in [0.15, 0.2) is 5.82 Å². The Morgan fingerprint density at radius 2 is 2.12 bits per heavy atom. The molecule has 0 aliphatic heterocycles. The molecule has 1 aliphatic carbocycles. The number of aryl methyl sites for hydroxylation is 1. The zero-order valence-corrected chi connectivity index (χ0v) is 9.63. The second kappa shape index (κ2) is 4.25. The quantitative estimate of drug-likeness (QED) is 0.834. The molecule has 0 amide bonds. The van der Waals surface area contributed by atoms with E-state index in [1.54, 1.807) is 12.4 Å². The normalized spacial score (nSPS) is 14.6. The van der Waals surface area contributed by atoms with Crippen molar-refractivity contribution in [3.05, 3.63) is 35.8 Å². The molecule has 0 radical (unpaired) electrons. The third kappa shape index (κ3) is 1.82. The lowest BCUT2D eigenvalue weighted by atomic mass is 10.0. The van der Waals surface area contributed by atoms with Gasteiger partial charge in [-0.3, -0.25) is 9.55 Å². The van der Waals surface area contributed by atoms with Crippen LogP contribution in [0.5, 0.6) is 0 Å². The zero-order chi connectivity index (χ0) is 11.7. The maximum absolute atomic E-state index is 5.58. The van der Waals surface area contributed by atoms with Crippen molar-refractivity contribution in [2.24, 2.45) is 5.73 Å². The standard InChI is InChI=1S/C12H15N5/c13-5-9-6-14-7-12(16-9)17-8-15-10-3-1-2-4-11(10)17/h6-8H,1-5,13H2. The summed E-state index contributed by atoms with van der Waals surface area (Å²) >= 11 is 0. The topological polar surface area (TPSA) is 69.6 Å². The van der Waals surface area contributed by atoms with E-state index in [-0.39, 0.29) is 0 Å². The number of aromatic nitrogens is 4. The number of nitrogens with two attached hydrogens (primary N) is 1. The molecule has 0 atom stereocenters. The maximum atomic E-state index is 5.58. The molecule has 0 bridgehead atoms. The second-order valence-corrected chi connectivity index (χ2v) is 4.29. The summed E-state index contributed by atoms with van der Waals surface area (Å²) in [5.74, 6) is 0.823. The first-order valence-corrected chi connectivity index (χ1v) is 5.95. The van der Waals surface area contributed by atoms with Crippen LogP contribution in [0.25, 0.3) is 5.82 Å². The van der Waals surface area contributed by atoms with Gasteiger partial charge in [0, 0.05) is 18.4 Å². The first kappa shape index (κ1) is 10.4. The van der Waals surface area contributed by atoms with Gasteiger partial charge in [0.05, 0.1) is 17.6 Å². The van der Waals surface area contributed by atoms with Crippen LogP contribution >= 0.6 is 0 Å². The van der Waals surface area contributed by atoms with Crippen molar-refractivity contribution in [3.8, 4) is 5.82 Å². The van der Waals surface area contributed by atoms with Crippen LogP contribution in [0.3, 0.4) is 0 Å². The number of hydrogen-bond donors (Lipinski definition) is 1. The minimum absolute atomic E-state index is 0.414. The second-order valence-electron chi connectivity index (χ2n) is 4.29. The van der Waals surface area contributed by atoms with E-state index < -0.39 is 0 Å². The van der Waals surface area contributed by atoms with Crippen LogP contribution in [-0.4, -0.2) is 19.5 Å². The fourth-order valence-corrected chi connectivity index (χ4v) is 2.28. The average molecular weight is 229 g/mol. The van der Waals surface area contributed by atoms with Crippen LogP contribution in [-0.2, 0) is 19.4 Å². The lowest BCUT2D eigenvalue weighted by Gasteiger charge is -2.13. The fraction of sp³-hybridized carbons (Fsp3) is 0.417. The monoisotopic (exact) mass is 229 g/mol. The molecule has 2 aromatic heterocycles. The fourth-order valence-electron chi connectivity index (χ4n) is 2.28. The van der Waals surface area contributed by atoms with Gasteiger partial charge in [-0.2, -0.15) is 0 Å². The number of fused-ring (bicyclic) bond motifs is 1. The van der Waals surface area contributed by atoms with Gasteiger partial charge in [0.2, 0.25) is 0 Å². The first-order valence-electron chi connectivity index (χ1n) is 5.95. The molecule has 2 heterocycles. The molecule has 0 saturated carbocycles. The Balaban J connectivity index is 2.05. The minimum atomic E-state index is 0.414. The summed E-state index contributed by atoms with van der Waals surface area (Å²) in [7, 11) is 0. The summed E-state index contributed by atoms with van der Waals surface area (Å²) in [4.78, 5) is 13.1. The molecular formula is C12H15N5. The maximum Gasteiger partial charge on any atom is 0.156 e. The van der Waals surface area contributed by atoms with E-state index in [0.717, 1.165) is 24.4 Å². The Kier molecular flexibility index (Phi) is 2.60. The molecule has 1 aliphatic rings. The Morgan fingerprint density at radius 3 is 3.00 bits per heavy atom. The summed E-state index contributed by atoms with van der Waals surface area (Å²) in [6.45, 7) is 0.414. The van der Waals surface area contributed by atoms with Crippen LogP contribution in [0, 0.1) is 0 Å². The van der Waals surface area contributed by atoms with E-state index in [1.807, 2.05) is 10.9 Å². The Morgan fingerprint density at radius 1 is 1.24 bits per heavy atom. The average Bonchev–Trinajstić information content (AvgIpc) is 2.82. The van der Waals surface area contributed by atoms with Gasteiger partial charge >= 0.3 is 0 Å². The third-order valence-corrected chi connectivity index (χ3v) is 3.16. The van der Waals surface area contributed by atoms with Crippen LogP contribution in [0.1, 0.15) is 29.9 Å². The lowest BCUT2D eigenvalue weighted by molar-refractivity contribution is 0.653. The molecule has 0 spiro atoms.